The first-order valence-electron chi connectivity index (χ1n) is 10.8. The van der Waals surface area contributed by atoms with Gasteiger partial charge in [0.1, 0.15) is 6.54 Å². The predicted octanol–water partition coefficient (Wildman–Crippen LogP) is -0.310. The molecule has 2 aliphatic rings. The molecule has 0 spiro atoms. The van der Waals surface area contributed by atoms with Crippen molar-refractivity contribution in [2.24, 2.45) is 0 Å². The van der Waals surface area contributed by atoms with E-state index in [9.17, 15) is 24.0 Å². The molecular formula is C22H25N5O6. The van der Waals surface area contributed by atoms with Crippen molar-refractivity contribution >= 4 is 17.9 Å². The van der Waals surface area contributed by atoms with E-state index in [1.807, 2.05) is 24.3 Å². The Morgan fingerprint density at radius 1 is 1.15 bits per heavy atom. The number of carbonyl (C=O) groups is 3. The molecule has 33 heavy (non-hydrogen) atoms. The van der Waals surface area contributed by atoms with Gasteiger partial charge < -0.3 is 19.9 Å². The lowest BCUT2D eigenvalue weighted by Crippen LogP contribution is -2.48. The Balaban J connectivity index is 1.41. The van der Waals surface area contributed by atoms with Gasteiger partial charge >= 0.3 is 11.8 Å². The first-order valence-corrected chi connectivity index (χ1v) is 10.8. The summed E-state index contributed by atoms with van der Waals surface area (Å²) in [5.74, 6) is -0.677. The van der Waals surface area contributed by atoms with Crippen LogP contribution in [-0.4, -0.2) is 70.5 Å². The minimum Gasteiger partial charge on any atom is -0.449 e. The standard InChI is InChI=1S/C22H25N5O6/c28-18(8-16-9-19(29)25-21(31)24-16)23-10-15-12-27(11-14-4-1-2-5-17(14)15)20(30)13-26-6-3-7-33-22(26)32/h1-2,4-5,9,15H,3,6-8,10-13H2,(H,23,28)(H2,24,25,29,31). The molecule has 0 saturated carbocycles. The van der Waals surface area contributed by atoms with Crippen molar-refractivity contribution in [1.82, 2.24) is 25.1 Å². The van der Waals surface area contributed by atoms with Gasteiger partial charge in [-0.3, -0.25) is 24.3 Å². The molecule has 1 aromatic heterocycles. The number of benzene rings is 1. The number of fused-ring (bicyclic) bond motifs is 1. The highest BCUT2D eigenvalue weighted by Crippen LogP contribution is 2.28. The maximum absolute atomic E-state index is 12.9. The van der Waals surface area contributed by atoms with E-state index in [4.69, 9.17) is 4.74 Å². The van der Waals surface area contributed by atoms with Gasteiger partial charge in [0, 0.05) is 43.9 Å². The van der Waals surface area contributed by atoms with Gasteiger partial charge in [0.25, 0.3) is 5.56 Å². The van der Waals surface area contributed by atoms with Gasteiger partial charge in [0.2, 0.25) is 11.8 Å². The number of carbonyl (C=O) groups excluding carboxylic acids is 3. The molecule has 11 nitrogen and oxygen atoms in total. The third-order valence-electron chi connectivity index (χ3n) is 5.74. The molecule has 0 aliphatic carbocycles. The Bertz CT molecular complexity index is 1140. The quantitative estimate of drug-likeness (QED) is 0.545. The van der Waals surface area contributed by atoms with Gasteiger partial charge in [-0.1, -0.05) is 24.3 Å². The Kier molecular flexibility index (Phi) is 6.57. The zero-order chi connectivity index (χ0) is 23.4. The third-order valence-corrected chi connectivity index (χ3v) is 5.74. The molecule has 3 amide bonds. The number of hydrogen-bond donors (Lipinski definition) is 3. The molecule has 1 unspecified atom stereocenters. The van der Waals surface area contributed by atoms with Gasteiger partial charge in [-0.15, -0.1) is 0 Å². The van der Waals surface area contributed by atoms with Crippen LogP contribution >= 0.6 is 0 Å². The zero-order valence-electron chi connectivity index (χ0n) is 18.0. The summed E-state index contributed by atoms with van der Waals surface area (Å²) in [6.07, 6.45) is 0.0658. The number of ether oxygens (including phenoxy) is 1. The average Bonchev–Trinajstić information content (AvgIpc) is 2.78. The molecule has 0 bridgehead atoms. The number of aromatic amines is 2. The van der Waals surface area contributed by atoms with E-state index in [1.54, 1.807) is 4.90 Å². The maximum atomic E-state index is 12.9. The second-order valence-electron chi connectivity index (χ2n) is 8.15. The van der Waals surface area contributed by atoms with Crippen LogP contribution in [0.5, 0.6) is 0 Å². The fourth-order valence-corrected chi connectivity index (χ4v) is 4.17. The smallest absolute Gasteiger partial charge is 0.410 e. The summed E-state index contributed by atoms with van der Waals surface area (Å²) in [5, 5.41) is 2.83. The van der Waals surface area contributed by atoms with E-state index in [0.717, 1.165) is 11.1 Å². The largest absolute Gasteiger partial charge is 0.449 e. The van der Waals surface area contributed by atoms with Crippen LogP contribution in [0.2, 0.25) is 0 Å². The van der Waals surface area contributed by atoms with Crippen molar-refractivity contribution in [1.29, 1.82) is 0 Å². The summed E-state index contributed by atoms with van der Waals surface area (Å²) in [7, 11) is 0. The van der Waals surface area contributed by atoms with Crippen molar-refractivity contribution in [3.8, 4) is 0 Å². The van der Waals surface area contributed by atoms with E-state index in [-0.39, 0.29) is 42.9 Å². The summed E-state index contributed by atoms with van der Waals surface area (Å²) < 4.78 is 5.01. The highest BCUT2D eigenvalue weighted by Gasteiger charge is 2.30. The molecule has 174 valence electrons. The van der Waals surface area contributed by atoms with Crippen LogP contribution in [0, 0.1) is 0 Å². The number of nitrogens with one attached hydrogen (secondary N) is 3. The van der Waals surface area contributed by atoms with E-state index in [2.05, 4.69) is 15.3 Å². The maximum Gasteiger partial charge on any atom is 0.410 e. The topological polar surface area (TPSA) is 145 Å². The lowest BCUT2D eigenvalue weighted by atomic mass is 9.89. The molecule has 3 N–H and O–H groups in total. The van der Waals surface area contributed by atoms with Crippen LogP contribution < -0.4 is 16.6 Å². The number of aromatic nitrogens is 2. The van der Waals surface area contributed by atoms with Gasteiger partial charge in [0.15, 0.2) is 0 Å². The van der Waals surface area contributed by atoms with E-state index in [1.165, 1.54) is 11.0 Å². The molecule has 1 aromatic carbocycles. The van der Waals surface area contributed by atoms with Gasteiger partial charge in [-0.25, -0.2) is 9.59 Å². The van der Waals surface area contributed by atoms with Crippen LogP contribution in [0.15, 0.2) is 39.9 Å². The van der Waals surface area contributed by atoms with Crippen LogP contribution in [0.3, 0.4) is 0 Å². The Labute approximate surface area is 188 Å². The SMILES string of the molecule is O=C(Cc1cc(=O)[nH]c(=O)[nH]1)NCC1CN(C(=O)CN2CCCOC2=O)Cc2ccccc21. The van der Waals surface area contributed by atoms with Gasteiger partial charge in [-0.05, 0) is 17.5 Å². The molecular weight excluding hydrogens is 430 g/mol. The fourth-order valence-electron chi connectivity index (χ4n) is 4.17. The summed E-state index contributed by atoms with van der Waals surface area (Å²) in [6.45, 7) is 1.90. The van der Waals surface area contributed by atoms with E-state index in [0.29, 0.717) is 32.7 Å². The molecule has 3 heterocycles. The van der Waals surface area contributed by atoms with Gasteiger partial charge in [0.05, 0.1) is 13.0 Å². The van der Waals surface area contributed by atoms with Crippen LogP contribution in [0.4, 0.5) is 4.79 Å². The Hall–Kier alpha value is -3.89. The molecule has 2 aromatic rings. The lowest BCUT2D eigenvalue weighted by Gasteiger charge is -2.36. The number of amides is 3. The minimum atomic E-state index is -0.668. The summed E-state index contributed by atoms with van der Waals surface area (Å²) in [5.41, 5.74) is 1.00. The molecule has 1 fully saturated rings. The van der Waals surface area contributed by atoms with Crippen molar-refractivity contribution in [3.63, 3.8) is 0 Å². The summed E-state index contributed by atoms with van der Waals surface area (Å²) >= 11 is 0. The van der Waals surface area contributed by atoms with E-state index < -0.39 is 17.3 Å². The summed E-state index contributed by atoms with van der Waals surface area (Å²) in [6, 6.07) is 8.90. The Morgan fingerprint density at radius 3 is 2.76 bits per heavy atom. The zero-order valence-corrected chi connectivity index (χ0v) is 18.0. The minimum absolute atomic E-state index is 0.0456. The number of rotatable bonds is 6. The third kappa shape index (κ3) is 5.48. The average molecular weight is 455 g/mol. The van der Waals surface area contributed by atoms with Crippen LogP contribution in [-0.2, 0) is 27.3 Å². The van der Waals surface area contributed by atoms with Crippen LogP contribution in [0.1, 0.15) is 29.2 Å². The molecule has 4 rings (SSSR count). The van der Waals surface area contributed by atoms with Crippen molar-refractivity contribution in [2.75, 3.05) is 32.8 Å². The van der Waals surface area contributed by atoms with Crippen molar-refractivity contribution in [3.05, 3.63) is 68.0 Å². The number of H-pyrrole nitrogens is 2. The number of hydrogen-bond acceptors (Lipinski definition) is 6. The molecule has 1 saturated heterocycles. The van der Waals surface area contributed by atoms with Crippen molar-refractivity contribution in [2.45, 2.75) is 25.3 Å². The van der Waals surface area contributed by atoms with Crippen LogP contribution in [0.25, 0.3) is 0 Å². The highest BCUT2D eigenvalue weighted by atomic mass is 16.6. The monoisotopic (exact) mass is 455 g/mol. The fraction of sp³-hybridized carbons (Fsp3) is 0.409. The molecule has 1 atom stereocenters. The Morgan fingerprint density at radius 2 is 1.97 bits per heavy atom. The first-order chi connectivity index (χ1) is 15.9. The highest BCUT2D eigenvalue weighted by molar-refractivity contribution is 5.83. The van der Waals surface area contributed by atoms with E-state index >= 15 is 0 Å². The number of nitrogens with zero attached hydrogens (tertiary/aromatic N) is 2. The molecule has 0 radical (unpaired) electrons. The van der Waals surface area contributed by atoms with Gasteiger partial charge in [-0.2, -0.15) is 0 Å². The summed E-state index contributed by atoms with van der Waals surface area (Å²) in [4.78, 5) is 67.6. The van der Waals surface area contributed by atoms with Crippen molar-refractivity contribution < 1.29 is 19.1 Å². The molecule has 11 heteroatoms. The molecule has 2 aliphatic heterocycles. The number of cyclic esters (lactones) is 1. The lowest BCUT2D eigenvalue weighted by molar-refractivity contribution is -0.133. The second kappa shape index (κ2) is 9.72. The second-order valence-corrected chi connectivity index (χ2v) is 8.15. The predicted molar refractivity (Wildman–Crippen MR) is 117 cm³/mol. The normalized spacial score (nSPS) is 17.8. The first kappa shape index (κ1) is 22.3.